The molecule has 2 aromatic heterocycles. The molecule has 0 aliphatic rings. The molecule has 0 aliphatic carbocycles. The summed E-state index contributed by atoms with van der Waals surface area (Å²) in [7, 11) is 0. The van der Waals surface area contributed by atoms with Gasteiger partial charge in [0.25, 0.3) is 0 Å². The van der Waals surface area contributed by atoms with Gasteiger partial charge in [0, 0.05) is 29.2 Å². The molecule has 0 unspecified atom stereocenters. The number of benzene rings is 2. The zero-order valence-electron chi connectivity index (χ0n) is 15.3. The number of hydrogen-bond acceptors (Lipinski definition) is 4. The van der Waals surface area contributed by atoms with Crippen molar-refractivity contribution in [2.45, 2.75) is 6.92 Å². The molecular formula is C24H17N3O. The Balaban J connectivity index is 1.60. The number of hydrogen-bond donors (Lipinski definition) is 0. The molecule has 4 rings (SSSR count). The third kappa shape index (κ3) is 3.74. The second-order valence-corrected chi connectivity index (χ2v) is 6.35. The summed E-state index contributed by atoms with van der Waals surface area (Å²) in [5, 5.41) is 9.41. The van der Waals surface area contributed by atoms with Gasteiger partial charge in [0.1, 0.15) is 11.5 Å². The van der Waals surface area contributed by atoms with Crippen molar-refractivity contribution < 1.29 is 4.74 Å². The first-order valence-electron chi connectivity index (χ1n) is 8.89. The van der Waals surface area contributed by atoms with Gasteiger partial charge in [-0.1, -0.05) is 6.07 Å². The maximum absolute atomic E-state index is 9.41. The van der Waals surface area contributed by atoms with Crippen LogP contribution < -0.4 is 4.74 Å². The quantitative estimate of drug-likeness (QED) is 0.461. The van der Waals surface area contributed by atoms with Crippen LogP contribution in [0.4, 0.5) is 0 Å². The molecule has 2 aromatic carbocycles. The molecule has 2 heterocycles. The summed E-state index contributed by atoms with van der Waals surface area (Å²) in [5.41, 5.74) is 5.30. The molecule has 0 fully saturated rings. The fraction of sp³-hybridized carbons (Fsp3) is 0.0417. The second-order valence-electron chi connectivity index (χ2n) is 6.35. The van der Waals surface area contributed by atoms with E-state index in [-0.39, 0.29) is 0 Å². The van der Waals surface area contributed by atoms with Crippen LogP contribution in [0.2, 0.25) is 0 Å². The van der Waals surface area contributed by atoms with Gasteiger partial charge in [-0.3, -0.25) is 9.97 Å². The van der Waals surface area contributed by atoms with E-state index in [1.807, 2.05) is 67.6 Å². The van der Waals surface area contributed by atoms with E-state index < -0.39 is 0 Å². The Morgan fingerprint density at radius 2 is 1.57 bits per heavy atom. The fourth-order valence-corrected chi connectivity index (χ4v) is 2.99. The summed E-state index contributed by atoms with van der Waals surface area (Å²) in [6.07, 6.45) is 3.42. The molecule has 134 valence electrons. The number of nitriles is 1. The molecule has 0 bridgehead atoms. The third-order valence-corrected chi connectivity index (χ3v) is 4.38. The Kier molecular flexibility index (Phi) is 4.81. The van der Waals surface area contributed by atoms with Crippen LogP contribution >= 0.6 is 0 Å². The Morgan fingerprint density at radius 3 is 2.29 bits per heavy atom. The van der Waals surface area contributed by atoms with Gasteiger partial charge in [-0.25, -0.2) is 0 Å². The lowest BCUT2D eigenvalue weighted by molar-refractivity contribution is 0.483. The molecule has 0 radical (unpaired) electrons. The smallest absolute Gasteiger partial charge is 0.128 e. The molecule has 4 aromatic rings. The molecule has 0 amide bonds. The van der Waals surface area contributed by atoms with Gasteiger partial charge in [0.15, 0.2) is 0 Å². The van der Waals surface area contributed by atoms with Crippen LogP contribution in [0.3, 0.4) is 0 Å². The maximum atomic E-state index is 9.41. The van der Waals surface area contributed by atoms with Gasteiger partial charge in [0.05, 0.1) is 17.3 Å². The number of aryl methyl sites for hydroxylation is 1. The van der Waals surface area contributed by atoms with Crippen molar-refractivity contribution in [3.63, 3.8) is 0 Å². The molecule has 4 heteroatoms. The SMILES string of the molecule is Cc1cccc(-c2ccc(Oc3ccc(C#N)c(-c4ccncc4)c3)cc2)n1. The molecule has 0 aliphatic heterocycles. The molecule has 28 heavy (non-hydrogen) atoms. The van der Waals surface area contributed by atoms with E-state index >= 15 is 0 Å². The number of nitrogens with zero attached hydrogens (tertiary/aromatic N) is 3. The monoisotopic (exact) mass is 363 g/mol. The van der Waals surface area contributed by atoms with E-state index in [1.54, 1.807) is 24.5 Å². The molecular weight excluding hydrogens is 346 g/mol. The van der Waals surface area contributed by atoms with Gasteiger partial charge in [-0.05, 0) is 79.2 Å². The van der Waals surface area contributed by atoms with E-state index in [1.165, 1.54) is 0 Å². The van der Waals surface area contributed by atoms with Gasteiger partial charge >= 0.3 is 0 Å². The largest absolute Gasteiger partial charge is 0.457 e. The van der Waals surface area contributed by atoms with Crippen LogP contribution in [0.15, 0.2) is 85.2 Å². The predicted octanol–water partition coefficient (Wildman–Crippen LogP) is 5.78. The first-order chi connectivity index (χ1) is 13.7. The van der Waals surface area contributed by atoms with Crippen molar-refractivity contribution >= 4 is 0 Å². The zero-order chi connectivity index (χ0) is 19.3. The van der Waals surface area contributed by atoms with Crippen LogP contribution in [-0.4, -0.2) is 9.97 Å². The van der Waals surface area contributed by atoms with Crippen molar-refractivity contribution in [1.29, 1.82) is 5.26 Å². The van der Waals surface area contributed by atoms with Crippen molar-refractivity contribution in [3.05, 3.63) is 96.4 Å². The van der Waals surface area contributed by atoms with Crippen molar-refractivity contribution in [2.24, 2.45) is 0 Å². The molecule has 0 atom stereocenters. The molecule has 4 nitrogen and oxygen atoms in total. The number of rotatable bonds is 4. The van der Waals surface area contributed by atoms with E-state index in [2.05, 4.69) is 16.0 Å². The fourth-order valence-electron chi connectivity index (χ4n) is 2.99. The Hall–Kier alpha value is -3.97. The zero-order valence-corrected chi connectivity index (χ0v) is 15.3. The van der Waals surface area contributed by atoms with Crippen molar-refractivity contribution in [3.8, 4) is 40.0 Å². The number of pyridine rings is 2. The summed E-state index contributed by atoms with van der Waals surface area (Å²) in [6, 6.07) is 25.2. The number of aromatic nitrogens is 2. The molecule has 0 saturated heterocycles. The first-order valence-corrected chi connectivity index (χ1v) is 8.89. The average Bonchev–Trinajstić information content (AvgIpc) is 2.75. The Bertz CT molecular complexity index is 1150. The van der Waals surface area contributed by atoms with Gasteiger partial charge in [-0.15, -0.1) is 0 Å². The highest BCUT2D eigenvalue weighted by Crippen LogP contribution is 2.31. The number of ether oxygens (including phenoxy) is 1. The summed E-state index contributed by atoms with van der Waals surface area (Å²) < 4.78 is 6.01. The minimum Gasteiger partial charge on any atom is -0.457 e. The van der Waals surface area contributed by atoms with E-state index in [0.717, 1.165) is 33.8 Å². The van der Waals surface area contributed by atoms with Crippen LogP contribution in [-0.2, 0) is 0 Å². The minimum absolute atomic E-state index is 0.597. The normalized spacial score (nSPS) is 10.3. The molecule has 0 N–H and O–H groups in total. The minimum atomic E-state index is 0.597. The highest BCUT2D eigenvalue weighted by Gasteiger charge is 2.08. The summed E-state index contributed by atoms with van der Waals surface area (Å²) >= 11 is 0. The second kappa shape index (κ2) is 7.73. The topological polar surface area (TPSA) is 58.8 Å². The summed E-state index contributed by atoms with van der Waals surface area (Å²) in [6.45, 7) is 1.98. The lowest BCUT2D eigenvalue weighted by Crippen LogP contribution is -1.90. The average molecular weight is 363 g/mol. The van der Waals surface area contributed by atoms with E-state index in [9.17, 15) is 5.26 Å². The summed E-state index contributed by atoms with van der Waals surface area (Å²) in [5.74, 6) is 1.40. The van der Waals surface area contributed by atoms with Crippen LogP contribution in [0.25, 0.3) is 22.4 Å². The lowest BCUT2D eigenvalue weighted by atomic mass is 10.0. The van der Waals surface area contributed by atoms with E-state index in [0.29, 0.717) is 11.3 Å². The molecule has 0 spiro atoms. The van der Waals surface area contributed by atoms with Gasteiger partial charge in [-0.2, -0.15) is 5.26 Å². The third-order valence-electron chi connectivity index (χ3n) is 4.38. The van der Waals surface area contributed by atoms with Crippen LogP contribution in [0.1, 0.15) is 11.3 Å². The predicted molar refractivity (Wildman–Crippen MR) is 109 cm³/mol. The maximum Gasteiger partial charge on any atom is 0.128 e. The van der Waals surface area contributed by atoms with Gasteiger partial charge in [0.2, 0.25) is 0 Å². The van der Waals surface area contributed by atoms with Crippen molar-refractivity contribution in [1.82, 2.24) is 9.97 Å². The first kappa shape index (κ1) is 17.4. The van der Waals surface area contributed by atoms with Crippen LogP contribution in [0, 0.1) is 18.3 Å². The summed E-state index contributed by atoms with van der Waals surface area (Å²) in [4.78, 5) is 8.58. The van der Waals surface area contributed by atoms with Crippen LogP contribution in [0.5, 0.6) is 11.5 Å². The standard InChI is InChI=1S/C24H17N3O/c1-17-3-2-4-24(27-17)19-5-8-21(9-6-19)28-22-10-7-20(16-25)23(15-22)18-11-13-26-14-12-18/h2-15H,1H3. The highest BCUT2D eigenvalue weighted by atomic mass is 16.5. The van der Waals surface area contributed by atoms with E-state index in [4.69, 9.17) is 4.74 Å². The Morgan fingerprint density at radius 1 is 0.821 bits per heavy atom. The highest BCUT2D eigenvalue weighted by molar-refractivity contribution is 5.71. The van der Waals surface area contributed by atoms with Crippen molar-refractivity contribution in [2.75, 3.05) is 0 Å². The lowest BCUT2D eigenvalue weighted by Gasteiger charge is -2.10. The van der Waals surface area contributed by atoms with Gasteiger partial charge < -0.3 is 4.74 Å². The molecule has 0 saturated carbocycles. The Labute approximate surface area is 163 Å².